The summed E-state index contributed by atoms with van der Waals surface area (Å²) in [5.41, 5.74) is 2.66. The first-order valence-electron chi connectivity index (χ1n) is 12.0. The number of halogens is 1. The number of rotatable bonds is 12. The standard InChI is InChI=1S/C26H32N4O5S2.ClH/c1-34-16-14-30(15-17-35-2)37(32,33)22-10-8-21(9-11-22)25(31)28-26-27-23-12-13-29(19-24(23)36-26)18-20-6-4-3-5-7-20;/h3-11H,12-19H2,1-2H3,(H,27,28,31);1H. The van der Waals surface area contributed by atoms with Gasteiger partial charge in [0.15, 0.2) is 5.13 Å². The molecule has 1 aromatic heterocycles. The van der Waals surface area contributed by atoms with Gasteiger partial charge in [-0.15, -0.1) is 23.7 Å². The molecule has 0 unspecified atom stereocenters. The van der Waals surface area contributed by atoms with E-state index in [9.17, 15) is 13.2 Å². The third-order valence-electron chi connectivity index (χ3n) is 6.12. The lowest BCUT2D eigenvalue weighted by molar-refractivity contribution is 0.102. The van der Waals surface area contributed by atoms with Crippen molar-refractivity contribution in [2.45, 2.75) is 24.4 Å². The van der Waals surface area contributed by atoms with E-state index in [0.717, 1.165) is 36.6 Å². The number of fused-ring (bicyclic) bond motifs is 1. The van der Waals surface area contributed by atoms with Gasteiger partial charge in [-0.1, -0.05) is 30.3 Å². The van der Waals surface area contributed by atoms with Gasteiger partial charge in [0.2, 0.25) is 10.0 Å². The van der Waals surface area contributed by atoms with Crippen molar-refractivity contribution in [3.63, 3.8) is 0 Å². The summed E-state index contributed by atoms with van der Waals surface area (Å²) in [6, 6.07) is 16.3. The number of anilines is 1. The molecule has 12 heteroatoms. The maximum Gasteiger partial charge on any atom is 0.257 e. The van der Waals surface area contributed by atoms with Crippen LogP contribution in [0.5, 0.6) is 0 Å². The molecule has 1 amide bonds. The van der Waals surface area contributed by atoms with E-state index in [1.165, 1.54) is 59.7 Å². The molecule has 1 aliphatic rings. The molecule has 0 spiro atoms. The molecule has 2 aromatic carbocycles. The molecule has 0 saturated heterocycles. The second-order valence-corrected chi connectivity index (χ2v) is 11.7. The average Bonchev–Trinajstić information content (AvgIpc) is 3.30. The first-order valence-corrected chi connectivity index (χ1v) is 14.3. The highest BCUT2D eigenvalue weighted by Gasteiger charge is 2.25. The van der Waals surface area contributed by atoms with E-state index in [0.29, 0.717) is 10.7 Å². The molecule has 2 heterocycles. The van der Waals surface area contributed by atoms with Crippen molar-refractivity contribution in [1.82, 2.24) is 14.2 Å². The minimum Gasteiger partial charge on any atom is -0.383 e. The Balaban J connectivity index is 0.00000400. The lowest BCUT2D eigenvalue weighted by atomic mass is 10.1. The molecule has 0 radical (unpaired) electrons. The Morgan fingerprint density at radius 2 is 1.71 bits per heavy atom. The number of aromatic nitrogens is 1. The Kier molecular flexibility index (Phi) is 11.2. The number of benzene rings is 2. The molecule has 4 rings (SSSR count). The first-order chi connectivity index (χ1) is 17.9. The predicted molar refractivity (Wildman–Crippen MR) is 151 cm³/mol. The number of carbonyl (C=O) groups excluding carboxylic acids is 1. The number of thiazole rings is 1. The molecule has 206 valence electrons. The van der Waals surface area contributed by atoms with Gasteiger partial charge in [-0.2, -0.15) is 4.31 Å². The van der Waals surface area contributed by atoms with Crippen LogP contribution in [-0.4, -0.2) is 75.6 Å². The van der Waals surface area contributed by atoms with Crippen molar-refractivity contribution in [1.29, 1.82) is 0 Å². The zero-order valence-corrected chi connectivity index (χ0v) is 23.9. The topological polar surface area (TPSA) is 101 Å². The second kappa shape index (κ2) is 14.1. The number of ether oxygens (including phenoxy) is 2. The molecule has 0 atom stereocenters. The van der Waals surface area contributed by atoms with Gasteiger partial charge in [-0.25, -0.2) is 13.4 Å². The van der Waals surface area contributed by atoms with Crippen molar-refractivity contribution in [3.8, 4) is 0 Å². The van der Waals surface area contributed by atoms with Crippen molar-refractivity contribution in [2.75, 3.05) is 52.4 Å². The summed E-state index contributed by atoms with van der Waals surface area (Å²) in [5.74, 6) is -0.327. The maximum absolute atomic E-state index is 13.1. The zero-order chi connectivity index (χ0) is 26.3. The Labute approximate surface area is 234 Å². The Hall–Kier alpha value is -2.38. The van der Waals surface area contributed by atoms with Crippen LogP contribution in [0.3, 0.4) is 0 Å². The van der Waals surface area contributed by atoms with Crippen LogP contribution in [0.1, 0.15) is 26.5 Å². The summed E-state index contributed by atoms with van der Waals surface area (Å²) in [6.45, 7) is 3.55. The van der Waals surface area contributed by atoms with Gasteiger partial charge in [0, 0.05) is 63.8 Å². The summed E-state index contributed by atoms with van der Waals surface area (Å²) in [6.07, 6.45) is 0.837. The summed E-state index contributed by atoms with van der Waals surface area (Å²) in [5, 5.41) is 3.43. The van der Waals surface area contributed by atoms with E-state index in [1.807, 2.05) is 18.2 Å². The number of sulfonamides is 1. The van der Waals surface area contributed by atoms with E-state index in [2.05, 4.69) is 27.3 Å². The molecule has 38 heavy (non-hydrogen) atoms. The Morgan fingerprint density at radius 3 is 2.34 bits per heavy atom. The van der Waals surface area contributed by atoms with E-state index in [1.54, 1.807) is 0 Å². The number of hydrogen-bond acceptors (Lipinski definition) is 8. The molecule has 1 N–H and O–H groups in total. The van der Waals surface area contributed by atoms with E-state index < -0.39 is 10.0 Å². The third kappa shape index (κ3) is 7.60. The normalized spacial score (nSPS) is 13.7. The van der Waals surface area contributed by atoms with Gasteiger partial charge >= 0.3 is 0 Å². The molecular weight excluding hydrogens is 548 g/mol. The van der Waals surface area contributed by atoms with Crippen LogP contribution < -0.4 is 5.32 Å². The van der Waals surface area contributed by atoms with Gasteiger partial charge in [0.1, 0.15) is 0 Å². The number of nitrogens with zero attached hydrogens (tertiary/aromatic N) is 3. The summed E-state index contributed by atoms with van der Waals surface area (Å²) < 4.78 is 37.6. The Bertz CT molecular complexity index is 1280. The van der Waals surface area contributed by atoms with Crippen LogP contribution in [0.4, 0.5) is 5.13 Å². The van der Waals surface area contributed by atoms with Gasteiger partial charge in [-0.3, -0.25) is 15.0 Å². The SMILES string of the molecule is COCCN(CCOC)S(=O)(=O)c1ccc(C(=O)Nc2nc3c(s2)CN(Cc2ccccc2)CC3)cc1.Cl. The predicted octanol–water partition coefficient (Wildman–Crippen LogP) is 3.66. The number of hydrogen-bond donors (Lipinski definition) is 1. The van der Waals surface area contributed by atoms with Crippen molar-refractivity contribution in [2.24, 2.45) is 0 Å². The van der Waals surface area contributed by atoms with E-state index in [4.69, 9.17) is 9.47 Å². The largest absolute Gasteiger partial charge is 0.383 e. The van der Waals surface area contributed by atoms with Crippen LogP contribution in [0.15, 0.2) is 59.5 Å². The minimum atomic E-state index is -3.75. The van der Waals surface area contributed by atoms with E-state index in [-0.39, 0.29) is 49.5 Å². The molecule has 0 bridgehead atoms. The quantitative estimate of drug-likeness (QED) is 0.349. The third-order valence-corrected chi connectivity index (χ3v) is 9.03. The molecule has 0 fully saturated rings. The second-order valence-electron chi connectivity index (χ2n) is 8.70. The van der Waals surface area contributed by atoms with Crippen LogP contribution in [0.2, 0.25) is 0 Å². The number of carbonyl (C=O) groups is 1. The molecule has 1 aliphatic heterocycles. The monoisotopic (exact) mass is 580 g/mol. The fourth-order valence-corrected chi connectivity index (χ4v) is 6.57. The van der Waals surface area contributed by atoms with Crippen LogP contribution >= 0.6 is 23.7 Å². The summed E-state index contributed by atoms with van der Waals surface area (Å²) in [7, 11) is -0.706. The van der Waals surface area contributed by atoms with E-state index >= 15 is 0 Å². The maximum atomic E-state index is 13.1. The summed E-state index contributed by atoms with van der Waals surface area (Å²) >= 11 is 1.49. The molecule has 3 aromatic rings. The number of methoxy groups -OCH3 is 2. The van der Waals surface area contributed by atoms with Crippen molar-refractivity contribution in [3.05, 3.63) is 76.3 Å². The van der Waals surface area contributed by atoms with Crippen molar-refractivity contribution < 1.29 is 22.7 Å². The molecule has 0 saturated carbocycles. The van der Waals surface area contributed by atoms with Crippen LogP contribution in [-0.2, 0) is 39.0 Å². The fraction of sp³-hybridized carbons (Fsp3) is 0.385. The lowest BCUT2D eigenvalue weighted by Crippen LogP contribution is -2.36. The molecule has 9 nitrogen and oxygen atoms in total. The zero-order valence-electron chi connectivity index (χ0n) is 21.5. The van der Waals surface area contributed by atoms with Gasteiger partial charge in [-0.05, 0) is 29.8 Å². The molecule has 0 aliphatic carbocycles. The highest BCUT2D eigenvalue weighted by Crippen LogP contribution is 2.29. The molecular formula is C26H33ClN4O5S2. The van der Waals surface area contributed by atoms with Crippen LogP contribution in [0, 0.1) is 0 Å². The highest BCUT2D eigenvalue weighted by molar-refractivity contribution is 7.89. The highest BCUT2D eigenvalue weighted by atomic mass is 35.5. The lowest BCUT2D eigenvalue weighted by Gasteiger charge is -2.25. The average molecular weight is 581 g/mol. The van der Waals surface area contributed by atoms with Gasteiger partial charge in [0.05, 0.1) is 23.8 Å². The van der Waals surface area contributed by atoms with Gasteiger partial charge < -0.3 is 9.47 Å². The number of nitrogens with one attached hydrogen (secondary N) is 1. The first kappa shape index (κ1) is 30.2. The smallest absolute Gasteiger partial charge is 0.257 e. The Morgan fingerprint density at radius 1 is 1.05 bits per heavy atom. The summed E-state index contributed by atoms with van der Waals surface area (Å²) in [4.78, 5) is 21.1. The minimum absolute atomic E-state index is 0. The van der Waals surface area contributed by atoms with Crippen molar-refractivity contribution >= 4 is 44.8 Å². The fourth-order valence-electron chi connectivity index (χ4n) is 4.11. The number of amides is 1. The van der Waals surface area contributed by atoms with Crippen LogP contribution in [0.25, 0.3) is 0 Å². The van der Waals surface area contributed by atoms with Gasteiger partial charge in [0.25, 0.3) is 5.91 Å².